The van der Waals surface area contributed by atoms with Gasteiger partial charge in [-0.1, -0.05) is 29.8 Å². The van der Waals surface area contributed by atoms with Crippen LogP contribution in [0.5, 0.6) is 0 Å². The van der Waals surface area contributed by atoms with Gasteiger partial charge in [0.1, 0.15) is 0 Å². The fraction of sp³-hybridized carbons (Fsp3) is 0.364. The highest BCUT2D eigenvalue weighted by Crippen LogP contribution is 2.23. The summed E-state index contributed by atoms with van der Waals surface area (Å²) in [6.45, 7) is 4.32. The molecule has 1 rings (SSSR count). The van der Waals surface area contributed by atoms with Crippen LogP contribution >= 0.6 is 15.9 Å². The molecule has 0 spiro atoms. The van der Waals surface area contributed by atoms with Crippen LogP contribution in [0.25, 0.3) is 0 Å². The summed E-state index contributed by atoms with van der Waals surface area (Å²) in [4.78, 5) is 0. The van der Waals surface area contributed by atoms with Gasteiger partial charge in [-0.15, -0.1) is 0 Å². The van der Waals surface area contributed by atoms with Gasteiger partial charge in [-0.05, 0) is 36.1 Å². The molecule has 0 amide bonds. The van der Waals surface area contributed by atoms with Crippen LogP contribution in [-0.2, 0) is 0 Å². The molecule has 0 aromatic heterocycles. The molecule has 0 aliphatic carbocycles. The summed E-state index contributed by atoms with van der Waals surface area (Å²) in [6, 6.07) is 8.03. The van der Waals surface area contributed by atoms with Gasteiger partial charge in [0.25, 0.3) is 0 Å². The molecular weight excluding hydrogens is 226 g/mol. The van der Waals surface area contributed by atoms with Crippen molar-refractivity contribution < 1.29 is 0 Å². The molecule has 1 aromatic carbocycles. The zero-order valence-corrected chi connectivity index (χ0v) is 9.43. The van der Waals surface area contributed by atoms with Gasteiger partial charge in [0.15, 0.2) is 0 Å². The second kappa shape index (κ2) is 4.43. The first-order chi connectivity index (χ1) is 6.17. The largest absolute Gasteiger partial charge is 0.192 e. The predicted molar refractivity (Wildman–Crippen MR) is 57.6 cm³/mol. The Balaban J connectivity index is 3.10. The van der Waals surface area contributed by atoms with Crippen LogP contribution in [0.4, 0.5) is 0 Å². The summed E-state index contributed by atoms with van der Waals surface area (Å²) in [6.07, 6.45) is 1.10. The molecular formula is C11H12BrN. The minimum absolute atomic E-state index is 0.518. The Morgan fingerprint density at radius 2 is 2.15 bits per heavy atom. The van der Waals surface area contributed by atoms with E-state index in [1.54, 1.807) is 0 Å². The lowest BCUT2D eigenvalue weighted by Gasteiger charge is -2.09. The van der Waals surface area contributed by atoms with Crippen molar-refractivity contribution in [2.45, 2.75) is 26.2 Å². The lowest BCUT2D eigenvalue weighted by Crippen LogP contribution is -1.92. The van der Waals surface area contributed by atoms with Crippen molar-refractivity contribution in [1.29, 1.82) is 5.26 Å². The highest BCUT2D eigenvalue weighted by atomic mass is 79.9. The Labute approximate surface area is 87.5 Å². The lowest BCUT2D eigenvalue weighted by molar-refractivity contribution is 0.733. The molecule has 0 saturated carbocycles. The average molecular weight is 238 g/mol. The van der Waals surface area contributed by atoms with Crippen LogP contribution < -0.4 is 0 Å². The van der Waals surface area contributed by atoms with E-state index >= 15 is 0 Å². The fourth-order valence-electron chi connectivity index (χ4n) is 1.20. The van der Waals surface area contributed by atoms with E-state index in [0.29, 0.717) is 5.92 Å². The van der Waals surface area contributed by atoms with E-state index in [1.807, 2.05) is 12.1 Å². The third kappa shape index (κ3) is 2.57. The molecule has 68 valence electrons. The number of rotatable bonds is 2. The second-order valence-electron chi connectivity index (χ2n) is 3.19. The third-order valence-electron chi connectivity index (χ3n) is 2.23. The molecule has 0 N–H and O–H groups in total. The molecule has 0 saturated heterocycles. The molecule has 0 radical (unpaired) electrons. The van der Waals surface area contributed by atoms with Crippen molar-refractivity contribution in [3.63, 3.8) is 0 Å². The van der Waals surface area contributed by atoms with Crippen LogP contribution in [0, 0.1) is 11.3 Å². The van der Waals surface area contributed by atoms with Crippen molar-refractivity contribution in [3.05, 3.63) is 33.8 Å². The Morgan fingerprint density at radius 1 is 1.46 bits per heavy atom. The highest BCUT2D eigenvalue weighted by Gasteiger charge is 2.05. The van der Waals surface area contributed by atoms with E-state index in [9.17, 15) is 0 Å². The standard InChI is InChI=1S/C11H12BrN/c1-3-8(2)10-4-9(7-13)5-11(12)6-10/h4-6,8H,3H2,1-2H3. The normalized spacial score (nSPS) is 12.2. The summed E-state index contributed by atoms with van der Waals surface area (Å²) in [5.74, 6) is 0.518. The fourth-order valence-corrected chi connectivity index (χ4v) is 1.71. The summed E-state index contributed by atoms with van der Waals surface area (Å²) in [5.41, 5.74) is 1.96. The smallest absolute Gasteiger partial charge is 0.0992 e. The maximum atomic E-state index is 8.77. The third-order valence-corrected chi connectivity index (χ3v) is 2.69. The molecule has 0 aliphatic rings. The SMILES string of the molecule is CCC(C)c1cc(Br)cc(C#N)c1. The van der Waals surface area contributed by atoms with Gasteiger partial charge >= 0.3 is 0 Å². The number of nitrogens with zero attached hydrogens (tertiary/aromatic N) is 1. The number of hydrogen-bond acceptors (Lipinski definition) is 1. The van der Waals surface area contributed by atoms with E-state index in [1.165, 1.54) is 5.56 Å². The maximum Gasteiger partial charge on any atom is 0.0992 e. The van der Waals surface area contributed by atoms with Gasteiger partial charge < -0.3 is 0 Å². The van der Waals surface area contributed by atoms with E-state index < -0.39 is 0 Å². The zero-order valence-electron chi connectivity index (χ0n) is 7.84. The molecule has 2 heteroatoms. The van der Waals surface area contributed by atoms with Crippen molar-refractivity contribution >= 4 is 15.9 Å². The van der Waals surface area contributed by atoms with Gasteiger partial charge in [-0.2, -0.15) is 5.26 Å². The molecule has 1 unspecified atom stereocenters. The Hall–Kier alpha value is -0.810. The van der Waals surface area contributed by atoms with E-state index in [4.69, 9.17) is 5.26 Å². The molecule has 0 bridgehead atoms. The zero-order chi connectivity index (χ0) is 9.84. The van der Waals surface area contributed by atoms with Gasteiger partial charge in [-0.3, -0.25) is 0 Å². The first kappa shape index (κ1) is 10.3. The quantitative estimate of drug-likeness (QED) is 0.767. The average Bonchev–Trinajstić information content (AvgIpc) is 2.15. The van der Waals surface area contributed by atoms with E-state index in [0.717, 1.165) is 16.5 Å². The van der Waals surface area contributed by atoms with E-state index in [2.05, 4.69) is 41.9 Å². The summed E-state index contributed by atoms with van der Waals surface area (Å²) in [5, 5.41) is 8.77. The van der Waals surface area contributed by atoms with Crippen LogP contribution in [0.15, 0.2) is 22.7 Å². The molecule has 0 fully saturated rings. The van der Waals surface area contributed by atoms with Crippen LogP contribution in [0.1, 0.15) is 37.3 Å². The topological polar surface area (TPSA) is 23.8 Å². The summed E-state index contributed by atoms with van der Waals surface area (Å²) >= 11 is 3.40. The molecule has 1 aromatic rings. The van der Waals surface area contributed by atoms with E-state index in [-0.39, 0.29) is 0 Å². The lowest BCUT2D eigenvalue weighted by atomic mass is 9.97. The molecule has 1 atom stereocenters. The van der Waals surface area contributed by atoms with Gasteiger partial charge in [0.05, 0.1) is 11.6 Å². The predicted octanol–water partition coefficient (Wildman–Crippen LogP) is 3.83. The minimum atomic E-state index is 0.518. The first-order valence-corrected chi connectivity index (χ1v) is 5.17. The maximum absolute atomic E-state index is 8.77. The Morgan fingerprint density at radius 3 is 2.69 bits per heavy atom. The first-order valence-electron chi connectivity index (χ1n) is 4.38. The van der Waals surface area contributed by atoms with Crippen molar-refractivity contribution in [1.82, 2.24) is 0 Å². The molecule has 0 heterocycles. The Bertz CT molecular complexity index is 338. The molecule has 1 nitrogen and oxygen atoms in total. The van der Waals surface area contributed by atoms with Crippen LogP contribution in [0.2, 0.25) is 0 Å². The minimum Gasteiger partial charge on any atom is -0.192 e. The number of halogens is 1. The highest BCUT2D eigenvalue weighted by molar-refractivity contribution is 9.10. The van der Waals surface area contributed by atoms with Crippen molar-refractivity contribution in [2.75, 3.05) is 0 Å². The Kier molecular flexibility index (Phi) is 3.50. The summed E-state index contributed by atoms with van der Waals surface area (Å²) in [7, 11) is 0. The monoisotopic (exact) mass is 237 g/mol. The van der Waals surface area contributed by atoms with Crippen molar-refractivity contribution in [2.24, 2.45) is 0 Å². The number of benzene rings is 1. The van der Waals surface area contributed by atoms with Gasteiger partial charge in [-0.25, -0.2) is 0 Å². The van der Waals surface area contributed by atoms with Crippen molar-refractivity contribution in [3.8, 4) is 6.07 Å². The number of hydrogen-bond donors (Lipinski definition) is 0. The second-order valence-corrected chi connectivity index (χ2v) is 4.11. The van der Waals surface area contributed by atoms with Gasteiger partial charge in [0, 0.05) is 4.47 Å². The molecule has 0 aliphatic heterocycles. The van der Waals surface area contributed by atoms with Crippen LogP contribution in [0.3, 0.4) is 0 Å². The molecule has 13 heavy (non-hydrogen) atoms. The summed E-state index contributed by atoms with van der Waals surface area (Å²) < 4.78 is 0.988. The number of nitriles is 1. The van der Waals surface area contributed by atoms with Crippen LogP contribution in [-0.4, -0.2) is 0 Å². The van der Waals surface area contributed by atoms with Gasteiger partial charge in [0.2, 0.25) is 0 Å².